The SMILES string of the molecule is C[C@H](OC(=O)c1cnccn1)C(=O)c1ccc(NS(C)(=O)=O)cc1. The van der Waals surface area contributed by atoms with Crippen molar-refractivity contribution in [2.45, 2.75) is 13.0 Å². The number of hydrogen-bond acceptors (Lipinski definition) is 7. The molecule has 0 saturated carbocycles. The molecule has 0 bridgehead atoms. The minimum Gasteiger partial charge on any atom is -0.449 e. The van der Waals surface area contributed by atoms with Crippen LogP contribution in [0.4, 0.5) is 5.69 Å². The molecule has 0 saturated heterocycles. The molecule has 0 aliphatic rings. The number of benzene rings is 1. The molecule has 9 heteroatoms. The Morgan fingerprint density at radius 3 is 2.38 bits per heavy atom. The van der Waals surface area contributed by atoms with Crippen molar-refractivity contribution in [1.29, 1.82) is 0 Å². The van der Waals surface area contributed by atoms with Crippen LogP contribution in [0.5, 0.6) is 0 Å². The third-order valence-corrected chi connectivity index (χ3v) is 3.50. The Bertz CT molecular complexity index is 835. The Morgan fingerprint density at radius 1 is 1.17 bits per heavy atom. The third kappa shape index (κ3) is 4.85. The maximum atomic E-state index is 12.3. The van der Waals surface area contributed by atoms with Crippen molar-refractivity contribution in [3.8, 4) is 0 Å². The number of hydrogen-bond donors (Lipinski definition) is 1. The molecule has 126 valence electrons. The van der Waals surface area contributed by atoms with Gasteiger partial charge in [-0.2, -0.15) is 0 Å². The highest BCUT2D eigenvalue weighted by molar-refractivity contribution is 7.92. The van der Waals surface area contributed by atoms with Crippen LogP contribution < -0.4 is 4.72 Å². The fraction of sp³-hybridized carbons (Fsp3) is 0.200. The first-order chi connectivity index (χ1) is 11.3. The van der Waals surface area contributed by atoms with Crippen LogP contribution in [0.2, 0.25) is 0 Å². The number of anilines is 1. The summed E-state index contributed by atoms with van der Waals surface area (Å²) in [7, 11) is -3.39. The topological polar surface area (TPSA) is 115 Å². The van der Waals surface area contributed by atoms with Crippen molar-refractivity contribution in [2.75, 3.05) is 11.0 Å². The number of sulfonamides is 1. The number of nitrogens with zero attached hydrogens (tertiary/aromatic N) is 2. The van der Waals surface area contributed by atoms with Crippen molar-refractivity contribution >= 4 is 27.5 Å². The molecule has 1 N–H and O–H groups in total. The number of nitrogens with one attached hydrogen (secondary N) is 1. The van der Waals surface area contributed by atoms with Crippen LogP contribution in [0.3, 0.4) is 0 Å². The van der Waals surface area contributed by atoms with E-state index in [0.29, 0.717) is 5.69 Å². The van der Waals surface area contributed by atoms with Gasteiger partial charge in [-0.1, -0.05) is 0 Å². The lowest BCUT2D eigenvalue weighted by molar-refractivity contribution is 0.0312. The van der Waals surface area contributed by atoms with Crippen LogP contribution in [0.25, 0.3) is 0 Å². The predicted octanol–water partition coefficient (Wildman–Crippen LogP) is 1.28. The molecule has 0 unspecified atom stereocenters. The van der Waals surface area contributed by atoms with Gasteiger partial charge < -0.3 is 4.74 Å². The first-order valence-electron chi connectivity index (χ1n) is 6.85. The maximum Gasteiger partial charge on any atom is 0.359 e. The molecule has 0 radical (unpaired) electrons. The molecule has 0 fully saturated rings. The maximum absolute atomic E-state index is 12.3. The van der Waals surface area contributed by atoms with Gasteiger partial charge in [0.2, 0.25) is 15.8 Å². The molecule has 2 rings (SSSR count). The van der Waals surface area contributed by atoms with Gasteiger partial charge in [0.15, 0.2) is 11.8 Å². The van der Waals surface area contributed by atoms with E-state index in [0.717, 1.165) is 6.26 Å². The molecule has 1 aromatic heterocycles. The lowest BCUT2D eigenvalue weighted by atomic mass is 10.1. The van der Waals surface area contributed by atoms with Gasteiger partial charge in [-0.05, 0) is 31.2 Å². The summed E-state index contributed by atoms with van der Waals surface area (Å²) < 4.78 is 29.6. The second-order valence-electron chi connectivity index (χ2n) is 4.95. The van der Waals surface area contributed by atoms with Crippen molar-refractivity contribution in [1.82, 2.24) is 9.97 Å². The van der Waals surface area contributed by atoms with E-state index in [4.69, 9.17) is 4.74 Å². The average Bonchev–Trinajstić information content (AvgIpc) is 2.54. The number of esters is 1. The second kappa shape index (κ2) is 7.18. The molecule has 24 heavy (non-hydrogen) atoms. The zero-order valence-electron chi connectivity index (χ0n) is 13.0. The lowest BCUT2D eigenvalue weighted by Gasteiger charge is -2.12. The van der Waals surface area contributed by atoms with E-state index < -0.39 is 27.9 Å². The molecule has 1 heterocycles. The molecule has 1 aromatic carbocycles. The number of aromatic nitrogens is 2. The highest BCUT2D eigenvalue weighted by Gasteiger charge is 2.21. The monoisotopic (exact) mass is 349 g/mol. The summed E-state index contributed by atoms with van der Waals surface area (Å²) in [6, 6.07) is 5.79. The molecule has 8 nitrogen and oxygen atoms in total. The fourth-order valence-electron chi connectivity index (χ4n) is 1.83. The van der Waals surface area contributed by atoms with Gasteiger partial charge in [-0.3, -0.25) is 14.5 Å². The first kappa shape index (κ1) is 17.5. The number of ether oxygens (including phenoxy) is 1. The molecule has 0 amide bonds. The van der Waals surface area contributed by atoms with Crippen LogP contribution in [0.1, 0.15) is 27.8 Å². The number of carbonyl (C=O) groups excluding carboxylic acids is 2. The second-order valence-corrected chi connectivity index (χ2v) is 6.70. The minimum atomic E-state index is -3.39. The van der Waals surface area contributed by atoms with E-state index in [-0.39, 0.29) is 11.3 Å². The van der Waals surface area contributed by atoms with Gasteiger partial charge in [0, 0.05) is 23.6 Å². The average molecular weight is 349 g/mol. The normalized spacial score (nSPS) is 12.2. The summed E-state index contributed by atoms with van der Waals surface area (Å²) in [4.78, 5) is 31.7. The summed E-state index contributed by atoms with van der Waals surface area (Å²) >= 11 is 0. The van der Waals surface area contributed by atoms with E-state index >= 15 is 0 Å². The Hall–Kier alpha value is -2.81. The largest absolute Gasteiger partial charge is 0.449 e. The zero-order valence-corrected chi connectivity index (χ0v) is 13.8. The van der Waals surface area contributed by atoms with Gasteiger partial charge in [0.25, 0.3) is 0 Å². The van der Waals surface area contributed by atoms with Crippen LogP contribution in [-0.2, 0) is 14.8 Å². The lowest BCUT2D eigenvalue weighted by Crippen LogP contribution is -2.25. The molecule has 0 aliphatic carbocycles. The van der Waals surface area contributed by atoms with Gasteiger partial charge in [0.1, 0.15) is 0 Å². The highest BCUT2D eigenvalue weighted by atomic mass is 32.2. The summed E-state index contributed by atoms with van der Waals surface area (Å²) in [6.07, 6.45) is 4.01. The third-order valence-electron chi connectivity index (χ3n) is 2.90. The van der Waals surface area contributed by atoms with Crippen molar-refractivity contribution < 1.29 is 22.7 Å². The van der Waals surface area contributed by atoms with Gasteiger partial charge in [0.05, 0.1) is 12.5 Å². The van der Waals surface area contributed by atoms with Crippen molar-refractivity contribution in [3.63, 3.8) is 0 Å². The van der Waals surface area contributed by atoms with E-state index in [1.165, 1.54) is 49.8 Å². The van der Waals surface area contributed by atoms with E-state index in [9.17, 15) is 18.0 Å². The minimum absolute atomic E-state index is 0.00449. The summed E-state index contributed by atoms with van der Waals surface area (Å²) in [5.41, 5.74) is 0.622. The summed E-state index contributed by atoms with van der Waals surface area (Å²) in [5, 5.41) is 0. The number of rotatable bonds is 6. The van der Waals surface area contributed by atoms with Crippen LogP contribution in [0, 0.1) is 0 Å². The highest BCUT2D eigenvalue weighted by Crippen LogP contribution is 2.14. The summed E-state index contributed by atoms with van der Waals surface area (Å²) in [6.45, 7) is 1.44. The molecule has 0 spiro atoms. The van der Waals surface area contributed by atoms with Gasteiger partial charge >= 0.3 is 5.97 Å². The van der Waals surface area contributed by atoms with Gasteiger partial charge in [-0.15, -0.1) is 0 Å². The van der Waals surface area contributed by atoms with E-state index in [1.807, 2.05) is 0 Å². The Balaban J connectivity index is 2.04. The molecular weight excluding hydrogens is 334 g/mol. The predicted molar refractivity (Wildman–Crippen MR) is 86.1 cm³/mol. The van der Waals surface area contributed by atoms with Crippen molar-refractivity contribution in [2.24, 2.45) is 0 Å². The van der Waals surface area contributed by atoms with E-state index in [1.54, 1.807) is 0 Å². The molecule has 1 atom stereocenters. The Kier molecular flexibility index (Phi) is 5.24. The molecular formula is C15H15N3O5S. The standard InChI is InChI=1S/C15H15N3O5S/c1-10(23-15(20)13-9-16-7-8-17-13)14(19)11-3-5-12(6-4-11)18-24(2,21)22/h3-10,18H,1-2H3/t10-/m0/s1. The Labute approximate surface area is 138 Å². The number of ketones is 1. The smallest absolute Gasteiger partial charge is 0.359 e. The van der Waals surface area contributed by atoms with Gasteiger partial charge in [-0.25, -0.2) is 18.2 Å². The van der Waals surface area contributed by atoms with Crippen molar-refractivity contribution in [3.05, 3.63) is 54.1 Å². The van der Waals surface area contributed by atoms with Crippen LogP contribution in [0.15, 0.2) is 42.9 Å². The number of carbonyl (C=O) groups is 2. The Morgan fingerprint density at radius 2 is 1.83 bits per heavy atom. The quantitative estimate of drug-likeness (QED) is 0.617. The molecule has 2 aromatic rings. The van der Waals surface area contributed by atoms with E-state index in [2.05, 4.69) is 14.7 Å². The summed E-state index contributed by atoms with van der Waals surface area (Å²) in [5.74, 6) is -1.17. The molecule has 0 aliphatic heterocycles. The first-order valence-corrected chi connectivity index (χ1v) is 8.74. The zero-order chi connectivity index (χ0) is 17.7. The fourth-order valence-corrected chi connectivity index (χ4v) is 2.39. The van der Waals surface area contributed by atoms with Crippen LogP contribution in [-0.4, -0.2) is 42.5 Å². The number of Topliss-reactive ketones (excluding diaryl/α,β-unsaturated/α-hetero) is 1. The van der Waals surface area contributed by atoms with Crippen LogP contribution >= 0.6 is 0 Å².